The molecular formula is C40H54BrN7O6. The molecule has 0 saturated heterocycles. The number of fused-ring (bicyclic) bond motifs is 1. The van der Waals surface area contributed by atoms with Crippen molar-refractivity contribution in [1.29, 1.82) is 0 Å². The molecule has 13 nitrogen and oxygen atoms in total. The number of hydrogen-bond donors (Lipinski definition) is 1. The average Bonchev–Trinajstić information content (AvgIpc) is 3.81. The van der Waals surface area contributed by atoms with Crippen molar-refractivity contribution in [2.45, 2.75) is 96.8 Å². The molecule has 1 aromatic carbocycles. The minimum Gasteiger partial charge on any atom is -0.465 e. The summed E-state index contributed by atoms with van der Waals surface area (Å²) in [6, 6.07) is 3.62. The van der Waals surface area contributed by atoms with Crippen molar-refractivity contribution in [2.75, 3.05) is 31.8 Å². The molecule has 3 aromatic rings. The van der Waals surface area contributed by atoms with E-state index in [9.17, 15) is 14.4 Å². The lowest BCUT2D eigenvalue weighted by molar-refractivity contribution is -0.156. The molecule has 1 aliphatic heterocycles. The number of guanidine groups is 1. The maximum absolute atomic E-state index is 12.9. The van der Waals surface area contributed by atoms with Crippen LogP contribution in [0.5, 0.6) is 0 Å². The van der Waals surface area contributed by atoms with Gasteiger partial charge in [-0.15, -0.1) is 0 Å². The number of aromatic nitrogens is 4. The number of aryl methyl sites for hydroxylation is 1. The van der Waals surface area contributed by atoms with Crippen LogP contribution < -0.4 is 5.32 Å². The Morgan fingerprint density at radius 1 is 0.926 bits per heavy atom. The quantitative estimate of drug-likeness (QED) is 0.0428. The minimum absolute atomic E-state index is 0.0312. The normalized spacial score (nSPS) is 13.5. The Morgan fingerprint density at radius 2 is 1.69 bits per heavy atom. The number of rotatable bonds is 23. The number of benzene rings is 1. The first kappa shape index (κ1) is 42.2. The van der Waals surface area contributed by atoms with Crippen molar-refractivity contribution in [3.8, 4) is 0 Å². The van der Waals surface area contributed by atoms with Gasteiger partial charge in [-0.2, -0.15) is 0 Å². The van der Waals surface area contributed by atoms with Gasteiger partial charge in [-0.3, -0.25) is 24.5 Å². The van der Waals surface area contributed by atoms with Crippen LogP contribution in [0.15, 0.2) is 70.8 Å². The fraction of sp³-hybridized carbons (Fsp3) is 0.525. The van der Waals surface area contributed by atoms with Gasteiger partial charge in [0, 0.05) is 43.7 Å². The second-order valence-corrected chi connectivity index (χ2v) is 14.1. The number of anilines is 1. The van der Waals surface area contributed by atoms with E-state index in [1.807, 2.05) is 23.7 Å². The average molecular weight is 809 g/mol. The van der Waals surface area contributed by atoms with E-state index >= 15 is 0 Å². The summed E-state index contributed by atoms with van der Waals surface area (Å²) in [5.74, 6) is -0.899. The molecular weight excluding hydrogens is 754 g/mol. The number of aliphatic imine (C=N–C) groups is 1. The third-order valence-electron chi connectivity index (χ3n) is 8.97. The molecule has 0 saturated carbocycles. The summed E-state index contributed by atoms with van der Waals surface area (Å²) in [7, 11) is 1.87. The van der Waals surface area contributed by atoms with Crippen molar-refractivity contribution in [3.63, 3.8) is 0 Å². The van der Waals surface area contributed by atoms with Gasteiger partial charge in [0.1, 0.15) is 5.52 Å². The molecule has 3 heterocycles. The summed E-state index contributed by atoms with van der Waals surface area (Å²) in [5.41, 5.74) is 2.92. The van der Waals surface area contributed by atoms with Crippen molar-refractivity contribution in [2.24, 2.45) is 18.0 Å². The van der Waals surface area contributed by atoms with Crippen molar-refractivity contribution < 1.29 is 28.6 Å². The Balaban J connectivity index is 1.12. The van der Waals surface area contributed by atoms with Crippen LogP contribution in [-0.2, 0) is 37.3 Å². The molecule has 4 rings (SSSR count). The summed E-state index contributed by atoms with van der Waals surface area (Å²) in [5, 5.41) is 3.14. The number of hydrogen-bond acceptors (Lipinski definition) is 11. The van der Waals surface area contributed by atoms with Crippen LogP contribution >= 0.6 is 15.9 Å². The summed E-state index contributed by atoms with van der Waals surface area (Å²) in [6.07, 6.45) is 27.9. The summed E-state index contributed by atoms with van der Waals surface area (Å²) < 4.78 is 18.7. The molecule has 0 bridgehead atoms. The van der Waals surface area contributed by atoms with Gasteiger partial charge in [0.05, 0.1) is 48.1 Å². The van der Waals surface area contributed by atoms with Gasteiger partial charge in [0.15, 0.2) is 0 Å². The zero-order chi connectivity index (χ0) is 38.4. The third-order valence-corrected chi connectivity index (χ3v) is 9.77. The molecule has 1 aliphatic rings. The van der Waals surface area contributed by atoms with Gasteiger partial charge in [0.25, 0.3) is 0 Å². The highest BCUT2D eigenvalue weighted by molar-refractivity contribution is 9.10. The van der Waals surface area contributed by atoms with E-state index in [-0.39, 0.29) is 24.9 Å². The van der Waals surface area contributed by atoms with Crippen LogP contribution in [0.25, 0.3) is 11.0 Å². The lowest BCUT2D eigenvalue weighted by atomic mass is 10.0. The van der Waals surface area contributed by atoms with E-state index in [1.165, 1.54) is 30.6 Å². The molecule has 0 unspecified atom stereocenters. The van der Waals surface area contributed by atoms with Crippen LogP contribution in [-0.4, -0.2) is 74.9 Å². The zero-order valence-corrected chi connectivity index (χ0v) is 33.2. The van der Waals surface area contributed by atoms with Gasteiger partial charge in [0.2, 0.25) is 12.8 Å². The number of amides is 1. The Bertz CT molecular complexity index is 1730. The van der Waals surface area contributed by atoms with E-state index in [4.69, 9.17) is 14.2 Å². The number of ether oxygens (including phenoxy) is 3. The second-order valence-electron chi connectivity index (χ2n) is 13.3. The molecule has 0 radical (unpaired) electrons. The van der Waals surface area contributed by atoms with Gasteiger partial charge >= 0.3 is 18.0 Å². The number of carbonyl (C=O) groups is 3. The van der Waals surface area contributed by atoms with Crippen molar-refractivity contribution in [3.05, 3.63) is 71.5 Å². The highest BCUT2D eigenvalue weighted by Gasteiger charge is 2.27. The summed E-state index contributed by atoms with van der Waals surface area (Å²) in [4.78, 5) is 56.9. The van der Waals surface area contributed by atoms with Crippen molar-refractivity contribution >= 4 is 56.6 Å². The molecule has 14 heteroatoms. The minimum atomic E-state index is -0.711. The van der Waals surface area contributed by atoms with Crippen LogP contribution in [0.1, 0.15) is 96.1 Å². The molecule has 1 atom stereocenters. The molecule has 1 amide bonds. The molecule has 0 aliphatic carbocycles. The van der Waals surface area contributed by atoms with Crippen LogP contribution in [0.3, 0.4) is 0 Å². The van der Waals surface area contributed by atoms with E-state index in [0.717, 1.165) is 56.2 Å². The van der Waals surface area contributed by atoms with Gasteiger partial charge in [-0.05, 0) is 73.0 Å². The van der Waals surface area contributed by atoms with E-state index in [2.05, 4.69) is 72.4 Å². The predicted octanol–water partition coefficient (Wildman–Crippen LogP) is 8.45. The maximum atomic E-state index is 12.9. The van der Waals surface area contributed by atoms with Crippen LogP contribution in [0.2, 0.25) is 0 Å². The topological polar surface area (TPSA) is 150 Å². The lowest BCUT2D eigenvalue weighted by Crippen LogP contribution is -2.39. The molecule has 2 aromatic heterocycles. The first-order valence-electron chi connectivity index (χ1n) is 19.1. The van der Waals surface area contributed by atoms with Crippen molar-refractivity contribution in [1.82, 2.24) is 24.4 Å². The first-order valence-corrected chi connectivity index (χ1v) is 19.9. The monoisotopic (exact) mass is 807 g/mol. The first-order chi connectivity index (χ1) is 26.4. The number of carbonyl (C=O) groups excluding carboxylic acids is 3. The number of halogens is 1. The van der Waals surface area contributed by atoms with E-state index < -0.39 is 18.9 Å². The lowest BCUT2D eigenvalue weighted by Gasteiger charge is -2.20. The molecule has 54 heavy (non-hydrogen) atoms. The fourth-order valence-corrected chi connectivity index (χ4v) is 6.44. The number of esters is 2. The third kappa shape index (κ3) is 14.7. The number of imidazole rings is 1. The standard InChI is InChI=1S/C40H54BrN7O6/c1-3-4-5-6-7-8-9-10-11-12-13-14-15-16-17-18-35(49)52-28-31(25-32-27-42-29-47(32)2)26-36(50)53-30-54-40(51)48-24-23-45-39(48)46-33-19-20-34-38(37(33)41)44-22-21-43-34/h7-8,10-11,19-22,27,29,31H,3-6,9,12-18,23-26,28,30H2,1-2H3,(H,45,46)/b8-7-,11-10-/t31-/m1/s1. The molecule has 292 valence electrons. The molecule has 0 fully saturated rings. The summed E-state index contributed by atoms with van der Waals surface area (Å²) >= 11 is 3.55. The maximum Gasteiger partial charge on any atom is 0.419 e. The zero-order valence-electron chi connectivity index (χ0n) is 31.6. The number of nitrogens with zero attached hydrogens (tertiary/aromatic N) is 6. The number of nitrogens with one attached hydrogen (secondary N) is 1. The second kappa shape index (κ2) is 23.9. The van der Waals surface area contributed by atoms with E-state index in [1.54, 1.807) is 24.9 Å². The fourth-order valence-electron chi connectivity index (χ4n) is 5.90. The molecule has 1 N–H and O–H groups in total. The Morgan fingerprint density at radius 3 is 2.46 bits per heavy atom. The summed E-state index contributed by atoms with van der Waals surface area (Å²) in [6.45, 7) is 2.40. The van der Waals surface area contributed by atoms with Gasteiger partial charge < -0.3 is 24.1 Å². The van der Waals surface area contributed by atoms with Gasteiger partial charge in [-0.1, -0.05) is 63.3 Å². The highest BCUT2D eigenvalue weighted by Crippen LogP contribution is 2.29. The largest absolute Gasteiger partial charge is 0.465 e. The van der Waals surface area contributed by atoms with Crippen LogP contribution in [0.4, 0.5) is 10.5 Å². The highest BCUT2D eigenvalue weighted by atomic mass is 79.9. The van der Waals surface area contributed by atoms with Crippen LogP contribution in [0, 0.1) is 5.92 Å². The Kier molecular flexibility index (Phi) is 18.7. The van der Waals surface area contributed by atoms with Gasteiger partial charge in [-0.25, -0.2) is 14.7 Å². The molecule has 0 spiro atoms. The van der Waals surface area contributed by atoms with E-state index in [0.29, 0.717) is 47.6 Å². The number of unbranched alkanes of at least 4 members (excludes halogenated alkanes) is 8. The Labute approximate surface area is 326 Å². The number of allylic oxidation sites excluding steroid dienone is 4. The predicted molar refractivity (Wildman–Crippen MR) is 213 cm³/mol. The Hall–Kier alpha value is -4.59. The SMILES string of the molecule is CCCCC/C=C\C/C=C\CCCCCCCC(=O)OC[C@@H](CC(=O)OCOC(=O)N1CCN=C1Nc1ccc2nccnc2c1Br)Cc1cncn1C. The smallest absolute Gasteiger partial charge is 0.419 e.